The predicted molar refractivity (Wildman–Crippen MR) is 86.0 cm³/mol. The molecule has 0 saturated heterocycles. The van der Waals surface area contributed by atoms with Crippen molar-refractivity contribution < 1.29 is 4.79 Å². The zero-order valence-corrected chi connectivity index (χ0v) is 12.6. The van der Waals surface area contributed by atoms with Gasteiger partial charge in [-0.25, -0.2) is 9.50 Å². The first-order valence-electron chi connectivity index (χ1n) is 7.19. The molecule has 22 heavy (non-hydrogen) atoms. The summed E-state index contributed by atoms with van der Waals surface area (Å²) in [6.07, 6.45) is 4.38. The number of primary amides is 1. The normalized spacial score (nSPS) is 14.4. The summed E-state index contributed by atoms with van der Waals surface area (Å²) in [4.78, 5) is 16.5. The molecule has 1 aliphatic rings. The van der Waals surface area contributed by atoms with Gasteiger partial charge in [-0.05, 0) is 30.9 Å². The van der Waals surface area contributed by atoms with Crippen LogP contribution in [0.3, 0.4) is 0 Å². The van der Waals surface area contributed by atoms with Gasteiger partial charge in [-0.2, -0.15) is 0 Å². The summed E-state index contributed by atoms with van der Waals surface area (Å²) in [6, 6.07) is 7.20. The topological polar surface area (TPSA) is 85.3 Å². The number of amides is 1. The molecule has 7 heteroatoms. The van der Waals surface area contributed by atoms with Gasteiger partial charge in [0.25, 0.3) is 0 Å². The fraction of sp³-hybridized carbons (Fsp3) is 0.267. The lowest BCUT2D eigenvalue weighted by Crippen LogP contribution is -2.10. The molecule has 112 valence electrons. The first-order valence-corrected chi connectivity index (χ1v) is 8.01. The molecule has 0 unspecified atom stereocenters. The van der Waals surface area contributed by atoms with Crippen LogP contribution in [0.25, 0.3) is 16.2 Å². The lowest BCUT2D eigenvalue weighted by molar-refractivity contribution is 0.100. The largest absolute Gasteiger partial charge is 0.366 e. The molecule has 1 amide bonds. The van der Waals surface area contributed by atoms with Gasteiger partial charge in [-0.3, -0.25) is 4.79 Å². The SMILES string of the molecule is NC(=O)c1cccc(-c2cnc3sc(NCC4CC4)nn23)c1. The molecule has 1 aliphatic carbocycles. The van der Waals surface area contributed by atoms with Crippen LogP contribution in [0.1, 0.15) is 23.2 Å². The van der Waals surface area contributed by atoms with E-state index in [0.717, 1.165) is 33.8 Å². The molecule has 2 heterocycles. The number of imidazole rings is 1. The average molecular weight is 313 g/mol. The Balaban J connectivity index is 1.68. The van der Waals surface area contributed by atoms with Gasteiger partial charge in [0, 0.05) is 17.7 Å². The van der Waals surface area contributed by atoms with E-state index in [2.05, 4.69) is 15.4 Å². The Kier molecular flexibility index (Phi) is 3.07. The zero-order chi connectivity index (χ0) is 15.1. The highest BCUT2D eigenvalue weighted by molar-refractivity contribution is 7.20. The summed E-state index contributed by atoms with van der Waals surface area (Å²) in [7, 11) is 0. The molecule has 0 atom stereocenters. The van der Waals surface area contributed by atoms with E-state index in [-0.39, 0.29) is 0 Å². The lowest BCUT2D eigenvalue weighted by atomic mass is 10.1. The van der Waals surface area contributed by atoms with Crippen LogP contribution in [-0.2, 0) is 0 Å². The molecule has 0 aliphatic heterocycles. The van der Waals surface area contributed by atoms with Gasteiger partial charge in [0.05, 0.1) is 11.9 Å². The van der Waals surface area contributed by atoms with Crippen LogP contribution in [0, 0.1) is 5.92 Å². The smallest absolute Gasteiger partial charge is 0.248 e. The molecule has 0 spiro atoms. The third-order valence-electron chi connectivity index (χ3n) is 3.77. The molecule has 0 radical (unpaired) electrons. The predicted octanol–water partition coefficient (Wildman–Crippen LogP) is 2.38. The fourth-order valence-electron chi connectivity index (χ4n) is 2.35. The van der Waals surface area contributed by atoms with Crippen molar-refractivity contribution in [3.63, 3.8) is 0 Å². The van der Waals surface area contributed by atoms with Gasteiger partial charge < -0.3 is 11.1 Å². The number of anilines is 1. The van der Waals surface area contributed by atoms with Crippen LogP contribution in [-0.4, -0.2) is 27.0 Å². The Hall–Kier alpha value is -2.41. The molecule has 2 aromatic heterocycles. The van der Waals surface area contributed by atoms with Crippen molar-refractivity contribution in [2.24, 2.45) is 11.7 Å². The Bertz CT molecular complexity index is 849. The van der Waals surface area contributed by atoms with Crippen molar-refractivity contribution in [1.82, 2.24) is 14.6 Å². The number of carbonyl (C=O) groups is 1. The molecule has 1 fully saturated rings. The zero-order valence-electron chi connectivity index (χ0n) is 11.8. The Morgan fingerprint density at radius 1 is 1.45 bits per heavy atom. The summed E-state index contributed by atoms with van der Waals surface area (Å²) < 4.78 is 1.81. The highest BCUT2D eigenvalue weighted by atomic mass is 32.1. The summed E-state index contributed by atoms with van der Waals surface area (Å²) >= 11 is 1.53. The maximum absolute atomic E-state index is 11.3. The highest BCUT2D eigenvalue weighted by Crippen LogP contribution is 2.30. The summed E-state index contributed by atoms with van der Waals surface area (Å²) in [5.41, 5.74) is 7.56. The van der Waals surface area contributed by atoms with Crippen LogP contribution in [0.2, 0.25) is 0 Å². The second-order valence-corrected chi connectivity index (χ2v) is 6.47. The van der Waals surface area contributed by atoms with Gasteiger partial charge >= 0.3 is 0 Å². The molecular weight excluding hydrogens is 298 g/mol. The quantitative estimate of drug-likeness (QED) is 0.757. The highest BCUT2D eigenvalue weighted by Gasteiger charge is 2.21. The van der Waals surface area contributed by atoms with Crippen molar-refractivity contribution in [1.29, 1.82) is 0 Å². The van der Waals surface area contributed by atoms with E-state index in [4.69, 9.17) is 5.73 Å². The van der Waals surface area contributed by atoms with E-state index in [1.807, 2.05) is 12.1 Å². The number of nitrogens with zero attached hydrogens (tertiary/aromatic N) is 3. The Morgan fingerprint density at radius 2 is 2.32 bits per heavy atom. The van der Waals surface area contributed by atoms with Crippen LogP contribution >= 0.6 is 11.3 Å². The van der Waals surface area contributed by atoms with Crippen molar-refractivity contribution >= 4 is 27.3 Å². The van der Waals surface area contributed by atoms with Crippen molar-refractivity contribution in [3.05, 3.63) is 36.0 Å². The van der Waals surface area contributed by atoms with Crippen molar-refractivity contribution in [2.75, 3.05) is 11.9 Å². The third-order valence-corrected chi connectivity index (χ3v) is 4.65. The first-order chi connectivity index (χ1) is 10.7. The second kappa shape index (κ2) is 5.10. The summed E-state index contributed by atoms with van der Waals surface area (Å²) in [6.45, 7) is 0.975. The minimum Gasteiger partial charge on any atom is -0.366 e. The molecule has 6 nitrogen and oxygen atoms in total. The number of hydrogen-bond acceptors (Lipinski definition) is 5. The molecule has 3 aromatic rings. The van der Waals surface area contributed by atoms with Crippen LogP contribution in [0.15, 0.2) is 30.5 Å². The standard InChI is InChI=1S/C15H15N5OS/c16-13(21)11-3-1-2-10(6-11)12-8-18-15-20(12)19-14(22-15)17-7-9-4-5-9/h1-3,6,8-9H,4-5,7H2,(H2,16,21)(H,17,19). The number of rotatable bonds is 5. The van der Waals surface area contributed by atoms with Crippen molar-refractivity contribution in [3.8, 4) is 11.3 Å². The van der Waals surface area contributed by atoms with E-state index in [9.17, 15) is 4.79 Å². The molecule has 4 rings (SSSR count). The summed E-state index contributed by atoms with van der Waals surface area (Å²) in [5, 5.41) is 8.81. The number of aromatic nitrogens is 3. The first kappa shape index (κ1) is 13.3. The molecule has 1 saturated carbocycles. The van der Waals surface area contributed by atoms with Crippen LogP contribution < -0.4 is 11.1 Å². The average Bonchev–Trinajstić information content (AvgIpc) is 3.13. The molecular formula is C15H15N5OS. The fourth-order valence-corrected chi connectivity index (χ4v) is 3.13. The number of benzene rings is 1. The van der Waals surface area contributed by atoms with Gasteiger partial charge in [0.15, 0.2) is 0 Å². The van der Waals surface area contributed by atoms with Gasteiger partial charge in [-0.15, -0.1) is 5.10 Å². The third kappa shape index (κ3) is 2.43. The maximum Gasteiger partial charge on any atom is 0.248 e. The van der Waals surface area contributed by atoms with E-state index in [1.165, 1.54) is 24.2 Å². The van der Waals surface area contributed by atoms with Gasteiger partial charge in [0.2, 0.25) is 16.0 Å². The van der Waals surface area contributed by atoms with E-state index in [1.54, 1.807) is 22.8 Å². The number of fused-ring (bicyclic) bond motifs is 1. The maximum atomic E-state index is 11.3. The Morgan fingerprint density at radius 3 is 3.09 bits per heavy atom. The number of nitrogens with two attached hydrogens (primary N) is 1. The Labute approximate surface area is 131 Å². The molecule has 1 aromatic carbocycles. The van der Waals surface area contributed by atoms with E-state index >= 15 is 0 Å². The van der Waals surface area contributed by atoms with Crippen molar-refractivity contribution in [2.45, 2.75) is 12.8 Å². The number of hydrogen-bond donors (Lipinski definition) is 2. The van der Waals surface area contributed by atoms with Crippen LogP contribution in [0.4, 0.5) is 5.13 Å². The van der Waals surface area contributed by atoms with E-state index in [0.29, 0.717) is 5.56 Å². The number of nitrogens with one attached hydrogen (secondary N) is 1. The number of carbonyl (C=O) groups excluding carboxylic acids is 1. The molecule has 0 bridgehead atoms. The minimum absolute atomic E-state index is 0.437. The van der Waals surface area contributed by atoms with Gasteiger partial charge in [0.1, 0.15) is 0 Å². The summed E-state index contributed by atoms with van der Waals surface area (Å²) in [5.74, 6) is 0.357. The van der Waals surface area contributed by atoms with Crippen LogP contribution in [0.5, 0.6) is 0 Å². The second-order valence-electron chi connectivity index (χ2n) is 5.51. The monoisotopic (exact) mass is 313 g/mol. The van der Waals surface area contributed by atoms with Gasteiger partial charge in [-0.1, -0.05) is 23.5 Å². The minimum atomic E-state index is -0.437. The molecule has 3 N–H and O–H groups in total. The van der Waals surface area contributed by atoms with E-state index < -0.39 is 5.91 Å². The lowest BCUT2D eigenvalue weighted by Gasteiger charge is -2.01.